The molecule has 0 aliphatic rings. The quantitative estimate of drug-likeness (QED) is 0.568. The number of aryl methyl sites for hydroxylation is 1. The van der Waals surface area contributed by atoms with E-state index < -0.39 is 11.9 Å². The minimum absolute atomic E-state index is 0.102. The van der Waals surface area contributed by atoms with Crippen molar-refractivity contribution in [1.82, 2.24) is 4.98 Å². The maximum Gasteiger partial charge on any atom is 0.219 e. The van der Waals surface area contributed by atoms with Crippen molar-refractivity contribution >= 4 is 17.3 Å². The lowest BCUT2D eigenvalue weighted by atomic mass is 10.0. The van der Waals surface area contributed by atoms with Crippen molar-refractivity contribution < 1.29 is 23.5 Å². The Hall–Kier alpha value is -3.54. The molecule has 1 heterocycles. The van der Waals surface area contributed by atoms with E-state index in [0.717, 1.165) is 0 Å². The van der Waals surface area contributed by atoms with E-state index in [1.807, 2.05) is 0 Å². The Morgan fingerprint density at radius 1 is 0.933 bits per heavy atom. The smallest absolute Gasteiger partial charge is 0.219 e. The molecule has 2 aromatic carbocycles. The molecule has 0 saturated carbocycles. The number of ketones is 3. The molecule has 3 aromatic rings. The Balaban J connectivity index is 1.73. The van der Waals surface area contributed by atoms with Crippen LogP contribution in [-0.2, 0) is 0 Å². The second kappa shape index (κ2) is 8.45. The summed E-state index contributed by atoms with van der Waals surface area (Å²) in [5, 5.41) is 0. The van der Waals surface area contributed by atoms with E-state index in [0.29, 0.717) is 39.4 Å². The predicted octanol–water partition coefficient (Wildman–Crippen LogP) is 4.85. The van der Waals surface area contributed by atoms with Crippen molar-refractivity contribution in [2.24, 2.45) is 0 Å². The molecule has 0 bridgehead atoms. The van der Waals surface area contributed by atoms with E-state index in [9.17, 15) is 18.8 Å². The highest BCUT2D eigenvalue weighted by atomic mass is 19.1. The van der Waals surface area contributed by atoms with Crippen LogP contribution in [0, 0.1) is 19.7 Å². The van der Waals surface area contributed by atoms with Gasteiger partial charge in [-0.05, 0) is 81.8 Å². The Kier molecular flexibility index (Phi) is 5.96. The molecule has 6 heteroatoms. The summed E-state index contributed by atoms with van der Waals surface area (Å²) in [6, 6.07) is 11.7. The normalized spacial score (nSPS) is 11.8. The van der Waals surface area contributed by atoms with Crippen LogP contribution in [0.25, 0.3) is 0 Å². The molecule has 154 valence electrons. The fraction of sp³-hybridized carbons (Fsp3) is 0.208. The highest BCUT2D eigenvalue weighted by Crippen LogP contribution is 2.22. The number of rotatable bonds is 7. The number of aromatic nitrogens is 1. The number of hydrogen-bond acceptors (Lipinski definition) is 4. The van der Waals surface area contributed by atoms with Gasteiger partial charge in [0.05, 0.1) is 5.69 Å². The van der Waals surface area contributed by atoms with Crippen LogP contribution in [-0.4, -0.2) is 28.4 Å². The van der Waals surface area contributed by atoms with Gasteiger partial charge in [0.1, 0.15) is 11.6 Å². The standard InChI is InChI=1S/C24H22FNO4/c1-13-21(15(3)27)14(2)26-22(13)23(28)16(4)30-20-11-7-18(8-12-20)24(29)17-5-9-19(25)10-6-17/h5-12,16,26H,1-4H3. The van der Waals surface area contributed by atoms with Crippen LogP contribution in [0.5, 0.6) is 5.75 Å². The molecule has 1 unspecified atom stereocenters. The molecular weight excluding hydrogens is 385 g/mol. The number of Topliss-reactive ketones (excluding diaryl/α,β-unsaturated/α-hetero) is 2. The maximum atomic E-state index is 13.0. The van der Waals surface area contributed by atoms with E-state index in [-0.39, 0.29) is 17.3 Å². The minimum Gasteiger partial charge on any atom is -0.483 e. The van der Waals surface area contributed by atoms with Crippen molar-refractivity contribution in [3.63, 3.8) is 0 Å². The summed E-state index contributed by atoms with van der Waals surface area (Å²) >= 11 is 0. The van der Waals surface area contributed by atoms with Crippen LogP contribution in [0.1, 0.15) is 61.9 Å². The van der Waals surface area contributed by atoms with Crippen LogP contribution in [0.3, 0.4) is 0 Å². The Labute approximate surface area is 173 Å². The van der Waals surface area contributed by atoms with Gasteiger partial charge in [0.15, 0.2) is 17.7 Å². The zero-order chi connectivity index (χ0) is 22.0. The number of H-pyrrole nitrogens is 1. The van der Waals surface area contributed by atoms with Crippen LogP contribution in [0.4, 0.5) is 4.39 Å². The molecule has 1 atom stereocenters. The highest BCUT2D eigenvalue weighted by Gasteiger charge is 2.24. The topological polar surface area (TPSA) is 76.2 Å². The van der Waals surface area contributed by atoms with Crippen molar-refractivity contribution in [3.8, 4) is 5.75 Å². The van der Waals surface area contributed by atoms with Gasteiger partial charge in [-0.1, -0.05) is 0 Å². The molecular formula is C24H22FNO4. The van der Waals surface area contributed by atoms with Crippen molar-refractivity contribution in [3.05, 3.63) is 88.0 Å². The number of aromatic amines is 1. The predicted molar refractivity (Wildman–Crippen MR) is 111 cm³/mol. The number of benzene rings is 2. The first-order chi connectivity index (χ1) is 14.2. The molecule has 5 nitrogen and oxygen atoms in total. The summed E-state index contributed by atoms with van der Waals surface area (Å²) in [7, 11) is 0. The Morgan fingerprint density at radius 3 is 1.97 bits per heavy atom. The van der Waals surface area contributed by atoms with E-state index in [4.69, 9.17) is 4.74 Å². The first kappa shape index (κ1) is 21.2. The summed E-state index contributed by atoms with van der Waals surface area (Å²) in [5.41, 5.74) is 2.95. The lowest BCUT2D eigenvalue weighted by Crippen LogP contribution is -2.25. The van der Waals surface area contributed by atoms with E-state index in [2.05, 4.69) is 4.98 Å². The first-order valence-corrected chi connectivity index (χ1v) is 9.50. The maximum absolute atomic E-state index is 13.0. The van der Waals surface area contributed by atoms with Crippen LogP contribution in [0.15, 0.2) is 48.5 Å². The number of ether oxygens (including phenoxy) is 1. The van der Waals surface area contributed by atoms with Gasteiger partial charge in [-0.25, -0.2) is 4.39 Å². The third-order valence-corrected chi connectivity index (χ3v) is 4.94. The van der Waals surface area contributed by atoms with Crippen LogP contribution < -0.4 is 4.74 Å². The number of carbonyl (C=O) groups excluding carboxylic acids is 3. The van der Waals surface area contributed by atoms with Crippen LogP contribution in [0.2, 0.25) is 0 Å². The monoisotopic (exact) mass is 407 g/mol. The summed E-state index contributed by atoms with van der Waals surface area (Å²) < 4.78 is 18.8. The Morgan fingerprint density at radius 2 is 1.47 bits per heavy atom. The van der Waals surface area contributed by atoms with E-state index in [1.54, 1.807) is 45.0 Å². The van der Waals surface area contributed by atoms with Gasteiger partial charge in [0, 0.05) is 22.4 Å². The lowest BCUT2D eigenvalue weighted by Gasteiger charge is -2.14. The average Bonchev–Trinajstić information content (AvgIpc) is 3.02. The van der Waals surface area contributed by atoms with Gasteiger partial charge < -0.3 is 9.72 Å². The molecule has 1 N–H and O–H groups in total. The number of hydrogen-bond donors (Lipinski definition) is 1. The number of carbonyl (C=O) groups is 3. The second-order valence-electron chi connectivity index (χ2n) is 7.17. The van der Waals surface area contributed by atoms with Crippen molar-refractivity contribution in [2.45, 2.75) is 33.8 Å². The lowest BCUT2D eigenvalue weighted by molar-refractivity contribution is 0.0812. The largest absolute Gasteiger partial charge is 0.483 e. The van der Waals surface area contributed by atoms with Gasteiger partial charge in [0.2, 0.25) is 5.78 Å². The van der Waals surface area contributed by atoms with E-state index in [1.165, 1.54) is 31.2 Å². The summed E-state index contributed by atoms with van der Waals surface area (Å²) in [6.07, 6.45) is -0.791. The van der Waals surface area contributed by atoms with Gasteiger partial charge in [-0.2, -0.15) is 0 Å². The van der Waals surface area contributed by atoms with Crippen molar-refractivity contribution in [1.29, 1.82) is 0 Å². The molecule has 3 rings (SSSR count). The summed E-state index contributed by atoms with van der Waals surface area (Å²) in [4.78, 5) is 40.0. The molecule has 0 fully saturated rings. The van der Waals surface area contributed by atoms with Gasteiger partial charge in [0.25, 0.3) is 0 Å². The zero-order valence-corrected chi connectivity index (χ0v) is 17.2. The SMILES string of the molecule is CC(=O)c1c(C)[nH]c(C(=O)C(C)Oc2ccc(C(=O)c3ccc(F)cc3)cc2)c1C. The molecule has 0 aliphatic carbocycles. The van der Waals surface area contributed by atoms with Gasteiger partial charge in [-0.3, -0.25) is 14.4 Å². The summed E-state index contributed by atoms with van der Waals surface area (Å²) in [6.45, 7) is 6.58. The van der Waals surface area contributed by atoms with Gasteiger partial charge >= 0.3 is 0 Å². The molecule has 0 amide bonds. The highest BCUT2D eigenvalue weighted by molar-refractivity contribution is 6.09. The average molecular weight is 407 g/mol. The number of nitrogens with one attached hydrogen (secondary N) is 1. The van der Waals surface area contributed by atoms with Crippen LogP contribution >= 0.6 is 0 Å². The number of halogens is 1. The van der Waals surface area contributed by atoms with Crippen molar-refractivity contribution in [2.75, 3.05) is 0 Å². The molecule has 0 spiro atoms. The molecule has 1 aromatic heterocycles. The van der Waals surface area contributed by atoms with Gasteiger partial charge in [-0.15, -0.1) is 0 Å². The van der Waals surface area contributed by atoms with E-state index >= 15 is 0 Å². The molecule has 0 aliphatic heterocycles. The third kappa shape index (κ3) is 4.22. The molecule has 0 saturated heterocycles. The zero-order valence-electron chi connectivity index (χ0n) is 17.2. The fourth-order valence-corrected chi connectivity index (χ4v) is 3.44. The minimum atomic E-state index is -0.791. The first-order valence-electron chi connectivity index (χ1n) is 9.50. The molecule has 30 heavy (non-hydrogen) atoms. The summed E-state index contributed by atoms with van der Waals surface area (Å²) in [5.74, 6) is -0.583. The third-order valence-electron chi connectivity index (χ3n) is 4.94. The Bertz CT molecular complexity index is 1110. The second-order valence-corrected chi connectivity index (χ2v) is 7.17. The fourth-order valence-electron chi connectivity index (χ4n) is 3.44. The molecule has 0 radical (unpaired) electrons.